The highest BCUT2D eigenvalue weighted by Gasteiger charge is 2.31. The molecule has 1 atom stereocenters. The van der Waals surface area contributed by atoms with Crippen LogP contribution in [-0.4, -0.2) is 38.4 Å². The van der Waals surface area contributed by atoms with Crippen LogP contribution in [-0.2, 0) is 16.2 Å². The molecular weight excluding hydrogens is 474 g/mol. The molecule has 1 aliphatic heterocycles. The molecule has 3 aromatic carbocycles. The Morgan fingerprint density at radius 1 is 1.03 bits per heavy atom. The van der Waals surface area contributed by atoms with E-state index in [0.29, 0.717) is 22.4 Å². The first-order valence-electron chi connectivity index (χ1n) is 11.6. The SMILES string of the molecule is Cc1ccccc1OCc1nnc(SC(C)C(=O)N2CC(=O)Nc3ccccc32)n1-c1ccccc1. The molecule has 0 fully saturated rings. The monoisotopic (exact) mass is 499 g/mol. The average molecular weight is 500 g/mol. The molecule has 8 nitrogen and oxygen atoms in total. The molecular formula is C27H25N5O3S. The number of nitrogens with one attached hydrogen (secondary N) is 1. The molecule has 4 aromatic rings. The molecule has 1 aromatic heterocycles. The van der Waals surface area contributed by atoms with Crippen LogP contribution in [0.1, 0.15) is 18.3 Å². The van der Waals surface area contributed by atoms with E-state index in [1.54, 1.807) is 6.07 Å². The van der Waals surface area contributed by atoms with Crippen molar-refractivity contribution in [1.82, 2.24) is 14.8 Å². The number of amides is 2. The minimum absolute atomic E-state index is 0.0262. The van der Waals surface area contributed by atoms with Gasteiger partial charge in [-0.25, -0.2) is 0 Å². The minimum Gasteiger partial charge on any atom is -0.485 e. The number of hydrogen-bond donors (Lipinski definition) is 1. The van der Waals surface area contributed by atoms with Crippen LogP contribution in [0.4, 0.5) is 11.4 Å². The highest BCUT2D eigenvalue weighted by Crippen LogP contribution is 2.33. The van der Waals surface area contributed by atoms with Gasteiger partial charge in [-0.2, -0.15) is 0 Å². The van der Waals surface area contributed by atoms with Gasteiger partial charge < -0.3 is 10.1 Å². The summed E-state index contributed by atoms with van der Waals surface area (Å²) in [6.07, 6.45) is 0. The zero-order valence-corrected chi connectivity index (χ0v) is 20.7. The summed E-state index contributed by atoms with van der Waals surface area (Å²) in [4.78, 5) is 27.2. The third-order valence-corrected chi connectivity index (χ3v) is 6.86. The summed E-state index contributed by atoms with van der Waals surface area (Å²) < 4.78 is 7.95. The summed E-state index contributed by atoms with van der Waals surface area (Å²) in [6.45, 7) is 4.00. The largest absolute Gasteiger partial charge is 0.485 e. The minimum atomic E-state index is -0.513. The molecule has 1 N–H and O–H groups in total. The molecule has 2 amide bonds. The molecule has 36 heavy (non-hydrogen) atoms. The zero-order chi connectivity index (χ0) is 25.1. The molecule has 1 aliphatic rings. The second-order valence-electron chi connectivity index (χ2n) is 8.37. The molecule has 5 rings (SSSR count). The number of carbonyl (C=O) groups excluding carboxylic acids is 2. The lowest BCUT2D eigenvalue weighted by atomic mass is 10.2. The number of para-hydroxylation sites is 4. The fraction of sp³-hybridized carbons (Fsp3) is 0.185. The second kappa shape index (κ2) is 10.2. The Hall–Kier alpha value is -4.11. The van der Waals surface area contributed by atoms with Crippen LogP contribution in [0, 0.1) is 6.92 Å². The first kappa shape index (κ1) is 23.6. The van der Waals surface area contributed by atoms with E-state index in [1.165, 1.54) is 16.7 Å². The van der Waals surface area contributed by atoms with Crippen LogP contribution in [0.5, 0.6) is 5.75 Å². The number of benzene rings is 3. The molecule has 9 heteroatoms. The van der Waals surface area contributed by atoms with Crippen molar-refractivity contribution in [2.24, 2.45) is 0 Å². The number of thioether (sulfide) groups is 1. The van der Waals surface area contributed by atoms with Crippen LogP contribution >= 0.6 is 11.8 Å². The van der Waals surface area contributed by atoms with Gasteiger partial charge in [0.25, 0.3) is 0 Å². The molecule has 0 aliphatic carbocycles. The maximum atomic E-state index is 13.5. The highest BCUT2D eigenvalue weighted by atomic mass is 32.2. The molecule has 1 unspecified atom stereocenters. The molecule has 0 saturated heterocycles. The Bertz CT molecular complexity index is 1410. The van der Waals surface area contributed by atoms with Gasteiger partial charge in [-0.3, -0.25) is 19.1 Å². The van der Waals surface area contributed by atoms with Crippen molar-refractivity contribution >= 4 is 35.0 Å². The van der Waals surface area contributed by atoms with Gasteiger partial charge in [-0.1, -0.05) is 60.3 Å². The van der Waals surface area contributed by atoms with E-state index in [0.717, 1.165) is 17.0 Å². The number of aromatic nitrogens is 3. The van der Waals surface area contributed by atoms with Crippen LogP contribution in [0.15, 0.2) is 84.0 Å². The van der Waals surface area contributed by atoms with E-state index in [2.05, 4.69) is 15.5 Å². The Morgan fingerprint density at radius 3 is 2.56 bits per heavy atom. The van der Waals surface area contributed by atoms with Crippen molar-refractivity contribution in [3.63, 3.8) is 0 Å². The average Bonchev–Trinajstić information content (AvgIpc) is 3.29. The van der Waals surface area contributed by atoms with Crippen LogP contribution < -0.4 is 15.0 Å². The summed E-state index contributed by atoms with van der Waals surface area (Å²) in [7, 11) is 0. The van der Waals surface area contributed by atoms with Crippen molar-refractivity contribution in [2.45, 2.75) is 30.9 Å². The third kappa shape index (κ3) is 4.83. The number of anilines is 2. The molecule has 182 valence electrons. The van der Waals surface area contributed by atoms with Crippen molar-refractivity contribution in [1.29, 1.82) is 0 Å². The van der Waals surface area contributed by atoms with Crippen molar-refractivity contribution in [3.05, 3.63) is 90.3 Å². The van der Waals surface area contributed by atoms with Crippen molar-refractivity contribution < 1.29 is 14.3 Å². The molecule has 0 spiro atoms. The number of nitrogens with zero attached hydrogens (tertiary/aromatic N) is 4. The van der Waals surface area contributed by atoms with E-state index >= 15 is 0 Å². The van der Waals surface area contributed by atoms with Gasteiger partial charge in [-0.15, -0.1) is 10.2 Å². The van der Waals surface area contributed by atoms with Crippen molar-refractivity contribution in [2.75, 3.05) is 16.8 Å². The molecule has 0 saturated carbocycles. The van der Waals surface area contributed by atoms with Crippen LogP contribution in [0.25, 0.3) is 5.69 Å². The van der Waals surface area contributed by atoms with E-state index in [9.17, 15) is 9.59 Å². The number of rotatable bonds is 7. The van der Waals surface area contributed by atoms with Gasteiger partial charge in [0.2, 0.25) is 11.8 Å². The first-order valence-corrected chi connectivity index (χ1v) is 12.4. The third-order valence-electron chi connectivity index (χ3n) is 5.83. The Labute approximate surface area is 213 Å². The Kier molecular flexibility index (Phi) is 6.73. The first-order chi connectivity index (χ1) is 17.5. The van der Waals surface area contributed by atoms with E-state index in [-0.39, 0.29) is 25.0 Å². The predicted molar refractivity (Wildman–Crippen MR) is 140 cm³/mol. The van der Waals surface area contributed by atoms with E-state index in [4.69, 9.17) is 4.74 Å². The summed E-state index contributed by atoms with van der Waals surface area (Å²) in [5.74, 6) is 0.999. The predicted octanol–water partition coefficient (Wildman–Crippen LogP) is 4.62. The smallest absolute Gasteiger partial charge is 0.244 e. The van der Waals surface area contributed by atoms with E-state index < -0.39 is 5.25 Å². The van der Waals surface area contributed by atoms with Crippen LogP contribution in [0.2, 0.25) is 0 Å². The molecule has 0 radical (unpaired) electrons. The normalized spacial score (nSPS) is 13.6. The number of carbonyl (C=O) groups is 2. The van der Waals surface area contributed by atoms with Gasteiger partial charge in [0.05, 0.1) is 16.6 Å². The Morgan fingerprint density at radius 2 is 1.75 bits per heavy atom. The number of aryl methyl sites for hydroxylation is 1. The number of hydrogen-bond acceptors (Lipinski definition) is 6. The summed E-state index contributed by atoms with van der Waals surface area (Å²) in [6, 6.07) is 24.8. The molecule has 2 heterocycles. The van der Waals surface area contributed by atoms with Gasteiger partial charge in [0.1, 0.15) is 18.9 Å². The number of ether oxygens (including phenoxy) is 1. The number of fused-ring (bicyclic) bond motifs is 1. The zero-order valence-electron chi connectivity index (χ0n) is 19.9. The van der Waals surface area contributed by atoms with Crippen molar-refractivity contribution in [3.8, 4) is 11.4 Å². The fourth-order valence-corrected chi connectivity index (χ4v) is 4.97. The lowest BCUT2D eigenvalue weighted by molar-refractivity contribution is -0.121. The van der Waals surface area contributed by atoms with Gasteiger partial charge in [-0.05, 0) is 49.7 Å². The summed E-state index contributed by atoms with van der Waals surface area (Å²) >= 11 is 1.30. The van der Waals surface area contributed by atoms with Gasteiger partial charge in [0, 0.05) is 5.69 Å². The summed E-state index contributed by atoms with van der Waals surface area (Å²) in [5, 5.41) is 11.7. The highest BCUT2D eigenvalue weighted by molar-refractivity contribution is 8.00. The molecule has 0 bridgehead atoms. The van der Waals surface area contributed by atoms with Crippen LogP contribution in [0.3, 0.4) is 0 Å². The van der Waals surface area contributed by atoms with Gasteiger partial charge >= 0.3 is 0 Å². The topological polar surface area (TPSA) is 89.4 Å². The lowest BCUT2D eigenvalue weighted by Gasteiger charge is -2.30. The van der Waals surface area contributed by atoms with Gasteiger partial charge in [0.15, 0.2) is 11.0 Å². The quantitative estimate of drug-likeness (QED) is 0.373. The maximum Gasteiger partial charge on any atom is 0.244 e. The van der Waals surface area contributed by atoms with E-state index in [1.807, 2.05) is 91.2 Å². The standard InChI is InChI=1S/C27H25N5O3S/c1-18-10-6-9-15-23(18)35-17-24-29-30-27(32(24)20-11-4-3-5-12-20)36-19(2)26(34)31-16-25(33)28-21-13-7-8-14-22(21)31/h3-15,19H,16-17H2,1-2H3,(H,28,33). The fourth-order valence-electron chi connectivity index (χ4n) is 4.03. The second-order valence-corrected chi connectivity index (χ2v) is 9.68. The summed E-state index contributed by atoms with van der Waals surface area (Å²) in [5.41, 5.74) is 3.22. The maximum absolute atomic E-state index is 13.5. The lowest BCUT2D eigenvalue weighted by Crippen LogP contribution is -2.45. The Balaban J connectivity index is 1.41.